The molecule has 2 saturated carbocycles. The van der Waals surface area contributed by atoms with Crippen molar-refractivity contribution in [1.29, 1.82) is 0 Å². The molecule has 7 rings (SSSR count). The number of carbonyl (C=O) groups excluding carboxylic acids is 4. The summed E-state index contributed by atoms with van der Waals surface area (Å²) in [5, 5.41) is 8.89. The van der Waals surface area contributed by atoms with Crippen LogP contribution in [0.15, 0.2) is 42.3 Å². The summed E-state index contributed by atoms with van der Waals surface area (Å²) in [6, 6.07) is 6.33. The maximum Gasteiger partial charge on any atom is 0.259 e. The van der Waals surface area contributed by atoms with Crippen LogP contribution < -0.4 is 24.8 Å². The number of aromatic nitrogens is 2. The Morgan fingerprint density at radius 3 is 2.43 bits per heavy atom. The third kappa shape index (κ3) is 9.26. The molecule has 5 atom stereocenters. The quantitative estimate of drug-likeness (QED) is 0.169. The van der Waals surface area contributed by atoms with Crippen molar-refractivity contribution in [3.05, 3.63) is 42.3 Å². The van der Waals surface area contributed by atoms with Gasteiger partial charge in [-0.25, -0.2) is 18.4 Å². The van der Waals surface area contributed by atoms with Crippen LogP contribution in [0.5, 0.6) is 11.5 Å². The minimum Gasteiger partial charge on any atom is -0.497 e. The van der Waals surface area contributed by atoms with Gasteiger partial charge in [0.2, 0.25) is 27.7 Å². The monoisotopic (exact) mass is 863 g/mol. The van der Waals surface area contributed by atoms with Gasteiger partial charge in [0, 0.05) is 60.8 Å². The number of methoxy groups -OCH3 is 1. The molecule has 60 heavy (non-hydrogen) atoms. The van der Waals surface area contributed by atoms with E-state index in [0.29, 0.717) is 59.7 Å². The predicted molar refractivity (Wildman–Crippen MR) is 230 cm³/mol. The first kappa shape index (κ1) is 43.3. The van der Waals surface area contributed by atoms with Crippen LogP contribution in [0, 0.1) is 17.3 Å². The molecule has 0 bridgehead atoms. The molecular weight excluding hydrogens is 807 g/mol. The summed E-state index contributed by atoms with van der Waals surface area (Å²) in [7, 11) is -2.33. The number of fused-ring (bicyclic) bond motifs is 1. The van der Waals surface area contributed by atoms with Gasteiger partial charge in [-0.1, -0.05) is 26.8 Å². The SMILES string of the molecule is C=C[C@@H]1C[C@]1(NC(=O)[C@@H]1C[C@@H](Oc2cc(-c3csc(NC(C)C)n3)nc3cc(OC)ccc23)CN1C(=O)[C@@H](CC(=O)N1CCCCC1)C(C)(C)C)C(=O)NS(=O)(=O)C1CC1. The molecule has 0 unspecified atom stereocenters. The van der Waals surface area contributed by atoms with Crippen molar-refractivity contribution in [3.8, 4) is 22.9 Å². The number of pyridine rings is 1. The lowest BCUT2D eigenvalue weighted by Crippen LogP contribution is -2.57. The number of hydrogen-bond donors (Lipinski definition) is 3. The molecule has 2 aromatic heterocycles. The van der Waals surface area contributed by atoms with E-state index in [4.69, 9.17) is 19.4 Å². The van der Waals surface area contributed by atoms with Crippen molar-refractivity contribution in [1.82, 2.24) is 29.8 Å². The summed E-state index contributed by atoms with van der Waals surface area (Å²) < 4.78 is 40.2. The van der Waals surface area contributed by atoms with E-state index in [1.165, 1.54) is 22.3 Å². The van der Waals surface area contributed by atoms with E-state index in [1.54, 1.807) is 25.3 Å². The van der Waals surface area contributed by atoms with E-state index in [1.807, 2.05) is 51.0 Å². The van der Waals surface area contributed by atoms with Crippen molar-refractivity contribution in [3.63, 3.8) is 0 Å². The Bertz CT molecular complexity index is 2260. The zero-order valence-electron chi connectivity index (χ0n) is 35.3. The second-order valence-electron chi connectivity index (χ2n) is 18.0. The normalized spacial score (nSPS) is 23.6. The fourth-order valence-electron chi connectivity index (χ4n) is 8.22. The first-order valence-electron chi connectivity index (χ1n) is 20.9. The van der Waals surface area contributed by atoms with E-state index in [0.717, 1.165) is 24.4 Å². The molecule has 4 aliphatic rings. The van der Waals surface area contributed by atoms with Gasteiger partial charge in [-0.3, -0.25) is 23.9 Å². The van der Waals surface area contributed by atoms with Crippen LogP contribution >= 0.6 is 11.3 Å². The lowest BCUT2D eigenvalue weighted by molar-refractivity contribution is -0.148. The van der Waals surface area contributed by atoms with E-state index in [2.05, 4.69) is 21.9 Å². The highest BCUT2D eigenvalue weighted by molar-refractivity contribution is 7.91. The highest BCUT2D eigenvalue weighted by Gasteiger charge is 2.62. The van der Waals surface area contributed by atoms with Crippen LogP contribution in [0.3, 0.4) is 0 Å². The van der Waals surface area contributed by atoms with Gasteiger partial charge < -0.3 is 29.9 Å². The van der Waals surface area contributed by atoms with Crippen molar-refractivity contribution in [2.45, 2.75) is 115 Å². The Kier molecular flexibility index (Phi) is 12.2. The third-order valence-electron chi connectivity index (χ3n) is 12.0. The van der Waals surface area contributed by atoms with E-state index in [-0.39, 0.29) is 43.7 Å². The Hall–Kier alpha value is -4.77. The van der Waals surface area contributed by atoms with Gasteiger partial charge in [0.1, 0.15) is 34.9 Å². The second-order valence-corrected chi connectivity index (χ2v) is 20.8. The van der Waals surface area contributed by atoms with Gasteiger partial charge in [0.05, 0.1) is 36.0 Å². The molecule has 2 aliphatic heterocycles. The zero-order chi connectivity index (χ0) is 43.1. The lowest BCUT2D eigenvalue weighted by atomic mass is 9.77. The maximum absolute atomic E-state index is 14.9. The number of rotatable bonds is 15. The minimum atomic E-state index is -3.91. The molecule has 4 amide bonds. The molecular formula is C43H57N7O8S2. The number of nitrogens with one attached hydrogen (secondary N) is 3. The number of sulfonamides is 1. The number of likely N-dealkylation sites (tertiary alicyclic amines) is 2. The fraction of sp³-hybridized carbons (Fsp3) is 0.581. The highest BCUT2D eigenvalue weighted by atomic mass is 32.2. The molecule has 3 aromatic rings. The molecule has 324 valence electrons. The smallest absolute Gasteiger partial charge is 0.259 e. The Balaban J connectivity index is 1.21. The summed E-state index contributed by atoms with van der Waals surface area (Å²) in [5.74, 6) is -2.15. The van der Waals surface area contributed by atoms with E-state index >= 15 is 0 Å². The largest absolute Gasteiger partial charge is 0.497 e. The van der Waals surface area contributed by atoms with Gasteiger partial charge in [0.15, 0.2) is 5.13 Å². The topological polar surface area (TPSA) is 189 Å². The van der Waals surface area contributed by atoms with E-state index < -0.39 is 62.0 Å². The first-order chi connectivity index (χ1) is 28.4. The van der Waals surface area contributed by atoms with Gasteiger partial charge in [-0.15, -0.1) is 17.9 Å². The van der Waals surface area contributed by atoms with Crippen LogP contribution in [0.1, 0.15) is 86.0 Å². The molecule has 4 fully saturated rings. The Morgan fingerprint density at radius 2 is 1.80 bits per heavy atom. The fourth-order valence-corrected chi connectivity index (χ4v) is 10.4. The van der Waals surface area contributed by atoms with Crippen LogP contribution in [-0.2, 0) is 29.2 Å². The zero-order valence-corrected chi connectivity index (χ0v) is 36.9. The number of piperidine rings is 1. The van der Waals surface area contributed by atoms with Gasteiger partial charge in [-0.2, -0.15) is 0 Å². The molecule has 15 nitrogen and oxygen atoms in total. The number of benzene rings is 1. The average Bonchev–Trinajstić information content (AvgIpc) is 4.10. The number of carbonyl (C=O) groups is 4. The molecule has 17 heteroatoms. The standard InChI is InChI=1S/C43H57N7O8S2/c1-8-26-22-43(26,40(54)48-60(55,56)29-13-14-29)47-38(52)35-19-28(23-50(35)39(53)31(42(4,5)6)20-37(51)49-16-10-9-11-17-49)58-36-21-33(34-24-59-41(46-34)44-25(2)3)45-32-18-27(57-7)12-15-30(32)36/h8,12,15,18,21,24-26,28-29,31,35H,1,9-11,13-14,16-17,19-20,22-23H2,2-7H3,(H,44,46)(H,47,52)(H,48,54)/t26-,28-,31-,35+,43-/m1/s1. The minimum absolute atomic E-state index is 0.00993. The number of amides is 4. The number of anilines is 1. The molecule has 1 aromatic carbocycles. The highest BCUT2D eigenvalue weighted by Crippen LogP contribution is 2.46. The Morgan fingerprint density at radius 1 is 1.07 bits per heavy atom. The number of ether oxygens (including phenoxy) is 2. The summed E-state index contributed by atoms with van der Waals surface area (Å²) in [6.07, 6.45) is 4.81. The van der Waals surface area contributed by atoms with Gasteiger partial charge in [0.25, 0.3) is 5.91 Å². The number of thiazole rings is 1. The van der Waals surface area contributed by atoms with Crippen molar-refractivity contribution in [2.75, 3.05) is 32.1 Å². The average molecular weight is 864 g/mol. The lowest BCUT2D eigenvalue weighted by Gasteiger charge is -2.36. The molecule has 2 aliphatic carbocycles. The van der Waals surface area contributed by atoms with Crippen LogP contribution in [0.4, 0.5) is 5.13 Å². The molecule has 0 radical (unpaired) electrons. The summed E-state index contributed by atoms with van der Waals surface area (Å²) >= 11 is 1.46. The second kappa shape index (κ2) is 16.9. The summed E-state index contributed by atoms with van der Waals surface area (Å²) in [5.41, 5.74) is -0.416. The summed E-state index contributed by atoms with van der Waals surface area (Å²) in [6.45, 7) is 14.9. The van der Waals surface area contributed by atoms with Crippen molar-refractivity contribution < 1.29 is 37.1 Å². The number of nitrogens with zero attached hydrogens (tertiary/aromatic N) is 4. The molecule has 3 N–H and O–H groups in total. The predicted octanol–water partition coefficient (Wildman–Crippen LogP) is 5.27. The Labute approximate surface area is 356 Å². The van der Waals surface area contributed by atoms with Crippen LogP contribution in [-0.4, -0.2) is 108 Å². The van der Waals surface area contributed by atoms with Crippen molar-refractivity contribution >= 4 is 61.0 Å². The van der Waals surface area contributed by atoms with Gasteiger partial charge >= 0.3 is 0 Å². The summed E-state index contributed by atoms with van der Waals surface area (Å²) in [4.78, 5) is 69.9. The molecule has 4 heterocycles. The van der Waals surface area contributed by atoms with Crippen molar-refractivity contribution in [2.24, 2.45) is 17.3 Å². The molecule has 0 spiro atoms. The van der Waals surface area contributed by atoms with Crippen LogP contribution in [0.25, 0.3) is 22.3 Å². The third-order valence-corrected chi connectivity index (χ3v) is 14.6. The van der Waals surface area contributed by atoms with Gasteiger partial charge in [-0.05, 0) is 69.9 Å². The maximum atomic E-state index is 14.9. The molecule has 2 saturated heterocycles. The van der Waals surface area contributed by atoms with E-state index in [9.17, 15) is 27.6 Å². The first-order valence-corrected chi connectivity index (χ1v) is 23.3. The number of hydrogen-bond acceptors (Lipinski definition) is 12. The van der Waals surface area contributed by atoms with Crippen LogP contribution in [0.2, 0.25) is 0 Å².